The van der Waals surface area contributed by atoms with Crippen molar-refractivity contribution in [2.45, 2.75) is 0 Å². The van der Waals surface area contributed by atoms with Crippen molar-refractivity contribution in [1.82, 2.24) is 9.97 Å². The van der Waals surface area contributed by atoms with Crippen molar-refractivity contribution >= 4 is 46.4 Å². The van der Waals surface area contributed by atoms with E-state index in [1.807, 2.05) is 0 Å². The summed E-state index contributed by atoms with van der Waals surface area (Å²) in [6, 6.07) is 6.63. The van der Waals surface area contributed by atoms with Crippen molar-refractivity contribution < 1.29 is 9.53 Å². The topological polar surface area (TPSA) is 64.1 Å². The second kappa shape index (κ2) is 6.74. The van der Waals surface area contributed by atoms with E-state index < -0.39 is 5.91 Å². The van der Waals surface area contributed by atoms with Crippen LogP contribution in [-0.4, -0.2) is 22.5 Å². The van der Waals surface area contributed by atoms with Crippen LogP contribution in [-0.2, 0) is 4.79 Å². The minimum absolute atomic E-state index is 0.0600. The summed E-state index contributed by atoms with van der Waals surface area (Å²) < 4.78 is 5.28. The van der Waals surface area contributed by atoms with Gasteiger partial charge in [-0.25, -0.2) is 9.97 Å². The molecule has 1 N–H and O–H groups in total. The molecule has 20 heavy (non-hydrogen) atoms. The van der Waals surface area contributed by atoms with Gasteiger partial charge in [-0.15, -0.1) is 0 Å². The van der Waals surface area contributed by atoms with Crippen LogP contribution in [0.25, 0.3) is 0 Å². The van der Waals surface area contributed by atoms with Gasteiger partial charge in [-0.3, -0.25) is 4.79 Å². The highest BCUT2D eigenvalue weighted by atomic mass is 35.5. The molecule has 1 aromatic heterocycles. The summed E-state index contributed by atoms with van der Waals surface area (Å²) in [4.78, 5) is 19.2. The second-order valence-electron chi connectivity index (χ2n) is 3.62. The third kappa shape index (κ3) is 3.96. The molecule has 1 aromatic carbocycles. The summed E-state index contributed by atoms with van der Waals surface area (Å²) in [5, 5.41) is 3.19. The normalized spacial score (nSPS) is 10.2. The molecular formula is C12H8Cl3N3O2. The van der Waals surface area contributed by atoms with Crippen LogP contribution in [0.5, 0.6) is 5.75 Å². The molecule has 104 valence electrons. The number of carbonyl (C=O) groups excluding carboxylic acids is 1. The van der Waals surface area contributed by atoms with Crippen LogP contribution in [0.4, 0.5) is 5.69 Å². The molecule has 2 aromatic rings. The number of ether oxygens (including phenoxy) is 1. The highest BCUT2D eigenvalue weighted by Crippen LogP contribution is 2.25. The Kier molecular flexibility index (Phi) is 5.00. The zero-order chi connectivity index (χ0) is 14.5. The SMILES string of the molecule is O=C(COc1ccc(Cl)cc1)Nc1c(Cl)ncnc1Cl. The molecule has 0 aliphatic carbocycles. The van der Waals surface area contributed by atoms with Crippen LogP contribution in [0.15, 0.2) is 30.6 Å². The molecule has 0 aliphatic rings. The van der Waals surface area contributed by atoms with Gasteiger partial charge in [0, 0.05) is 5.02 Å². The summed E-state index contributed by atoms with van der Waals surface area (Å²) in [6.45, 7) is -0.205. The largest absolute Gasteiger partial charge is 0.484 e. The first-order valence-corrected chi connectivity index (χ1v) is 6.54. The van der Waals surface area contributed by atoms with Crippen molar-refractivity contribution in [2.24, 2.45) is 0 Å². The fraction of sp³-hybridized carbons (Fsp3) is 0.0833. The van der Waals surface area contributed by atoms with E-state index in [2.05, 4.69) is 15.3 Å². The first-order valence-electron chi connectivity index (χ1n) is 5.40. The van der Waals surface area contributed by atoms with Crippen LogP contribution in [0.2, 0.25) is 15.3 Å². The molecule has 0 radical (unpaired) electrons. The minimum Gasteiger partial charge on any atom is -0.484 e. The molecule has 8 heteroatoms. The highest BCUT2D eigenvalue weighted by Gasteiger charge is 2.12. The Morgan fingerprint density at radius 1 is 1.10 bits per heavy atom. The van der Waals surface area contributed by atoms with Gasteiger partial charge in [0.05, 0.1) is 0 Å². The number of hydrogen-bond acceptors (Lipinski definition) is 4. The number of rotatable bonds is 4. The predicted molar refractivity (Wildman–Crippen MR) is 77.6 cm³/mol. The van der Waals surface area contributed by atoms with Crippen LogP contribution in [0.1, 0.15) is 0 Å². The van der Waals surface area contributed by atoms with Gasteiger partial charge in [-0.2, -0.15) is 0 Å². The molecule has 0 spiro atoms. The lowest BCUT2D eigenvalue weighted by molar-refractivity contribution is -0.118. The van der Waals surface area contributed by atoms with E-state index in [-0.39, 0.29) is 22.6 Å². The minimum atomic E-state index is -0.432. The van der Waals surface area contributed by atoms with Crippen molar-refractivity contribution in [3.8, 4) is 5.75 Å². The van der Waals surface area contributed by atoms with Crippen molar-refractivity contribution in [3.05, 3.63) is 45.9 Å². The lowest BCUT2D eigenvalue weighted by atomic mass is 10.3. The number of aromatic nitrogens is 2. The lowest BCUT2D eigenvalue weighted by Crippen LogP contribution is -2.21. The van der Waals surface area contributed by atoms with Gasteiger partial charge in [0.25, 0.3) is 5.91 Å². The van der Waals surface area contributed by atoms with E-state index in [0.29, 0.717) is 10.8 Å². The van der Waals surface area contributed by atoms with Gasteiger partial charge >= 0.3 is 0 Å². The first-order chi connectivity index (χ1) is 9.56. The maximum absolute atomic E-state index is 11.7. The van der Waals surface area contributed by atoms with Gasteiger partial charge in [0.15, 0.2) is 16.9 Å². The summed E-state index contributed by atoms with van der Waals surface area (Å²) in [7, 11) is 0. The Bertz CT molecular complexity index is 600. The molecule has 0 saturated carbocycles. The van der Waals surface area contributed by atoms with Crippen molar-refractivity contribution in [2.75, 3.05) is 11.9 Å². The Labute approximate surface area is 129 Å². The summed E-state index contributed by atoms with van der Waals surface area (Å²) in [5.74, 6) is 0.0876. The van der Waals surface area contributed by atoms with Crippen LogP contribution in [0.3, 0.4) is 0 Å². The Morgan fingerprint density at radius 3 is 2.30 bits per heavy atom. The Morgan fingerprint density at radius 2 is 1.70 bits per heavy atom. The van der Waals surface area contributed by atoms with Crippen LogP contribution >= 0.6 is 34.8 Å². The average Bonchev–Trinajstić information content (AvgIpc) is 2.42. The number of benzene rings is 1. The molecule has 0 atom stereocenters. The number of carbonyl (C=O) groups is 1. The average molecular weight is 333 g/mol. The molecule has 1 amide bonds. The Balaban J connectivity index is 1.94. The maximum atomic E-state index is 11.7. The predicted octanol–water partition coefficient (Wildman–Crippen LogP) is 3.45. The standard InChI is InChI=1S/C12H8Cl3N3O2/c13-7-1-3-8(4-2-7)20-5-9(19)18-10-11(14)16-6-17-12(10)15/h1-4,6H,5H2,(H,18,19). The molecule has 0 saturated heterocycles. The number of amides is 1. The Hall–Kier alpha value is -1.56. The third-order valence-corrected chi connectivity index (χ3v) is 3.03. The number of halogens is 3. The molecule has 0 unspecified atom stereocenters. The van der Waals surface area contributed by atoms with Gasteiger partial charge in [0.2, 0.25) is 0 Å². The second-order valence-corrected chi connectivity index (χ2v) is 4.77. The summed E-state index contributed by atoms with van der Waals surface area (Å²) in [5.41, 5.74) is 0.153. The van der Waals surface area contributed by atoms with Crippen molar-refractivity contribution in [1.29, 1.82) is 0 Å². The molecule has 5 nitrogen and oxygen atoms in total. The van der Waals surface area contributed by atoms with Crippen LogP contribution < -0.4 is 10.1 Å². The molecule has 0 bridgehead atoms. The van der Waals surface area contributed by atoms with E-state index in [1.165, 1.54) is 6.33 Å². The van der Waals surface area contributed by atoms with Gasteiger partial charge in [-0.05, 0) is 24.3 Å². The molecule has 0 aliphatic heterocycles. The van der Waals surface area contributed by atoms with E-state index >= 15 is 0 Å². The monoisotopic (exact) mass is 331 g/mol. The number of anilines is 1. The fourth-order valence-electron chi connectivity index (χ4n) is 1.30. The smallest absolute Gasteiger partial charge is 0.262 e. The highest BCUT2D eigenvalue weighted by molar-refractivity contribution is 6.38. The lowest BCUT2D eigenvalue weighted by Gasteiger charge is -2.09. The van der Waals surface area contributed by atoms with E-state index in [4.69, 9.17) is 39.5 Å². The number of hydrogen-bond donors (Lipinski definition) is 1. The van der Waals surface area contributed by atoms with Gasteiger partial charge in [0.1, 0.15) is 17.8 Å². The number of nitrogens with zero attached hydrogens (tertiary/aromatic N) is 2. The molecule has 0 fully saturated rings. The van der Waals surface area contributed by atoms with Gasteiger partial charge < -0.3 is 10.1 Å². The van der Waals surface area contributed by atoms with E-state index in [9.17, 15) is 4.79 Å². The van der Waals surface area contributed by atoms with Crippen molar-refractivity contribution in [3.63, 3.8) is 0 Å². The summed E-state index contributed by atoms with van der Waals surface area (Å²) in [6.07, 6.45) is 1.20. The van der Waals surface area contributed by atoms with E-state index in [1.54, 1.807) is 24.3 Å². The zero-order valence-corrected chi connectivity index (χ0v) is 12.2. The zero-order valence-electron chi connectivity index (χ0n) is 9.94. The molecule has 1 heterocycles. The quantitative estimate of drug-likeness (QED) is 0.871. The number of nitrogens with one attached hydrogen (secondary N) is 1. The fourth-order valence-corrected chi connectivity index (χ4v) is 1.84. The molecular weight excluding hydrogens is 325 g/mol. The first kappa shape index (κ1) is 14.8. The maximum Gasteiger partial charge on any atom is 0.262 e. The van der Waals surface area contributed by atoms with E-state index in [0.717, 1.165) is 0 Å². The van der Waals surface area contributed by atoms with Gasteiger partial charge in [-0.1, -0.05) is 34.8 Å². The molecule has 2 rings (SSSR count). The third-order valence-electron chi connectivity index (χ3n) is 2.20. The van der Waals surface area contributed by atoms with Crippen LogP contribution in [0, 0.1) is 0 Å². The summed E-state index contributed by atoms with van der Waals surface area (Å²) >= 11 is 17.3.